The van der Waals surface area contributed by atoms with Gasteiger partial charge in [0.1, 0.15) is 5.69 Å². The number of aromatic nitrogens is 1. The predicted octanol–water partition coefficient (Wildman–Crippen LogP) is 3.59. The summed E-state index contributed by atoms with van der Waals surface area (Å²) < 4.78 is 66.0. The minimum Gasteiger partial charge on any atom is -0.464 e. The van der Waals surface area contributed by atoms with Gasteiger partial charge in [-0.05, 0) is 22.0 Å². The van der Waals surface area contributed by atoms with Crippen LogP contribution < -0.4 is 0 Å². The molecule has 0 aliphatic carbocycles. The zero-order chi connectivity index (χ0) is 14.1. The zero-order valence-corrected chi connectivity index (χ0v) is 10.3. The van der Waals surface area contributed by atoms with Crippen LogP contribution in [0, 0.1) is 0 Å². The van der Waals surface area contributed by atoms with Crippen LogP contribution in [0.5, 0.6) is 0 Å². The van der Waals surface area contributed by atoms with Crippen molar-refractivity contribution in [1.82, 2.24) is 4.98 Å². The van der Waals surface area contributed by atoms with Gasteiger partial charge in [0.2, 0.25) is 0 Å². The molecule has 0 atom stereocenters. The standard InChI is InChI=1S/C9H5BrF5NO2/c1-18-8(17)4-2-3(7(11)12)5(10)6(16-4)9(13,14)15/h2,7H,1H3. The number of carbonyl (C=O) groups excluding carboxylic acids is 1. The van der Waals surface area contributed by atoms with Crippen LogP contribution in [0.15, 0.2) is 10.5 Å². The lowest BCUT2D eigenvalue weighted by Gasteiger charge is -2.13. The van der Waals surface area contributed by atoms with Crippen molar-refractivity contribution >= 4 is 21.9 Å². The van der Waals surface area contributed by atoms with Gasteiger partial charge < -0.3 is 4.74 Å². The number of halogens is 6. The summed E-state index contributed by atoms with van der Waals surface area (Å²) in [5.74, 6) is -1.23. The number of hydrogen-bond acceptors (Lipinski definition) is 3. The van der Waals surface area contributed by atoms with E-state index in [1.807, 2.05) is 0 Å². The van der Waals surface area contributed by atoms with Gasteiger partial charge in [0.15, 0.2) is 5.69 Å². The number of rotatable bonds is 2. The van der Waals surface area contributed by atoms with Gasteiger partial charge in [0.05, 0.1) is 11.6 Å². The van der Waals surface area contributed by atoms with Crippen molar-refractivity contribution in [3.8, 4) is 0 Å². The number of hydrogen-bond donors (Lipinski definition) is 0. The van der Waals surface area contributed by atoms with Crippen LogP contribution in [-0.4, -0.2) is 18.1 Å². The highest BCUT2D eigenvalue weighted by Crippen LogP contribution is 2.38. The Morgan fingerprint density at radius 3 is 2.39 bits per heavy atom. The Labute approximate surface area is 106 Å². The molecule has 0 radical (unpaired) electrons. The highest BCUT2D eigenvalue weighted by Gasteiger charge is 2.38. The van der Waals surface area contributed by atoms with Crippen LogP contribution >= 0.6 is 15.9 Å². The molecule has 18 heavy (non-hydrogen) atoms. The summed E-state index contributed by atoms with van der Waals surface area (Å²) in [6.45, 7) is 0. The van der Waals surface area contributed by atoms with Gasteiger partial charge in [-0.15, -0.1) is 0 Å². The van der Waals surface area contributed by atoms with E-state index in [1.54, 1.807) is 0 Å². The van der Waals surface area contributed by atoms with E-state index in [1.165, 1.54) is 0 Å². The fraction of sp³-hybridized carbons (Fsp3) is 0.333. The molecule has 0 aromatic carbocycles. The van der Waals surface area contributed by atoms with Crippen molar-refractivity contribution in [2.75, 3.05) is 7.11 Å². The highest BCUT2D eigenvalue weighted by atomic mass is 79.9. The Morgan fingerprint density at radius 2 is 2.00 bits per heavy atom. The van der Waals surface area contributed by atoms with Crippen LogP contribution in [0.4, 0.5) is 22.0 Å². The number of alkyl halides is 5. The second-order valence-electron chi connectivity index (χ2n) is 3.05. The molecule has 0 saturated carbocycles. The third-order valence-electron chi connectivity index (χ3n) is 1.88. The molecule has 0 amide bonds. The molecule has 0 N–H and O–H groups in total. The van der Waals surface area contributed by atoms with E-state index in [9.17, 15) is 26.7 Å². The quantitative estimate of drug-likeness (QED) is 0.613. The summed E-state index contributed by atoms with van der Waals surface area (Å²) in [6, 6.07) is 0.551. The molecule has 1 heterocycles. The Morgan fingerprint density at radius 1 is 1.44 bits per heavy atom. The number of ether oxygens (including phenoxy) is 1. The molecule has 1 aromatic rings. The first-order chi connectivity index (χ1) is 8.18. The Bertz CT molecular complexity index is 475. The van der Waals surface area contributed by atoms with E-state index in [4.69, 9.17) is 0 Å². The topological polar surface area (TPSA) is 39.2 Å². The van der Waals surface area contributed by atoms with Gasteiger partial charge >= 0.3 is 12.1 Å². The molecule has 3 nitrogen and oxygen atoms in total. The van der Waals surface area contributed by atoms with Crippen molar-refractivity contribution in [3.63, 3.8) is 0 Å². The van der Waals surface area contributed by atoms with Gasteiger partial charge in [0, 0.05) is 5.56 Å². The Balaban J connectivity index is 3.52. The van der Waals surface area contributed by atoms with E-state index in [-0.39, 0.29) is 0 Å². The van der Waals surface area contributed by atoms with Crippen molar-refractivity contribution in [2.45, 2.75) is 12.6 Å². The maximum atomic E-state index is 12.6. The molecule has 0 aliphatic rings. The van der Waals surface area contributed by atoms with Crippen LogP contribution in [0.3, 0.4) is 0 Å². The molecule has 0 saturated heterocycles. The molecule has 1 rings (SSSR count). The summed E-state index contributed by atoms with van der Waals surface area (Å²) in [5.41, 5.74) is -3.40. The molecule has 0 bridgehead atoms. The zero-order valence-electron chi connectivity index (χ0n) is 8.69. The van der Waals surface area contributed by atoms with Crippen LogP contribution in [0.1, 0.15) is 28.2 Å². The van der Waals surface area contributed by atoms with Gasteiger partial charge in [0.25, 0.3) is 6.43 Å². The third kappa shape index (κ3) is 2.95. The van der Waals surface area contributed by atoms with Crippen LogP contribution in [0.25, 0.3) is 0 Å². The Kier molecular flexibility index (Phi) is 4.25. The normalized spacial score (nSPS) is 11.8. The summed E-state index contributed by atoms with van der Waals surface area (Å²) in [6.07, 6.45) is -8.15. The summed E-state index contributed by atoms with van der Waals surface area (Å²) in [7, 11) is 0.904. The molecule has 0 spiro atoms. The molecule has 0 aliphatic heterocycles. The first-order valence-electron chi connectivity index (χ1n) is 4.32. The van der Waals surface area contributed by atoms with E-state index >= 15 is 0 Å². The van der Waals surface area contributed by atoms with Crippen molar-refractivity contribution in [1.29, 1.82) is 0 Å². The summed E-state index contributed by atoms with van der Waals surface area (Å²) in [4.78, 5) is 14.0. The smallest absolute Gasteiger partial charge is 0.434 e. The lowest BCUT2D eigenvalue weighted by molar-refractivity contribution is -0.142. The number of nitrogens with zero attached hydrogens (tertiary/aromatic N) is 1. The molecule has 100 valence electrons. The largest absolute Gasteiger partial charge is 0.464 e. The SMILES string of the molecule is COC(=O)c1cc(C(F)F)c(Br)c(C(F)(F)F)n1. The average molecular weight is 334 g/mol. The molecule has 0 fully saturated rings. The second kappa shape index (κ2) is 5.17. The fourth-order valence-electron chi connectivity index (χ4n) is 1.10. The van der Waals surface area contributed by atoms with E-state index in [0.29, 0.717) is 6.07 Å². The average Bonchev–Trinajstić information content (AvgIpc) is 2.26. The van der Waals surface area contributed by atoms with E-state index in [2.05, 4.69) is 25.7 Å². The van der Waals surface area contributed by atoms with Gasteiger partial charge in [-0.1, -0.05) is 0 Å². The molecule has 0 unspecified atom stereocenters. The van der Waals surface area contributed by atoms with Crippen LogP contribution in [0.2, 0.25) is 0 Å². The van der Waals surface area contributed by atoms with Gasteiger partial charge in [-0.3, -0.25) is 0 Å². The number of methoxy groups -OCH3 is 1. The minimum atomic E-state index is -4.97. The van der Waals surface area contributed by atoms with E-state index in [0.717, 1.165) is 7.11 Å². The second-order valence-corrected chi connectivity index (χ2v) is 3.84. The van der Waals surface area contributed by atoms with Gasteiger partial charge in [-0.25, -0.2) is 18.6 Å². The lowest BCUT2D eigenvalue weighted by atomic mass is 10.2. The molecular formula is C9H5BrF5NO2. The Hall–Kier alpha value is -1.25. The maximum absolute atomic E-state index is 12.6. The van der Waals surface area contributed by atoms with Crippen molar-refractivity contribution in [2.24, 2.45) is 0 Å². The number of pyridine rings is 1. The maximum Gasteiger partial charge on any atom is 0.434 e. The van der Waals surface area contributed by atoms with Crippen molar-refractivity contribution < 1.29 is 31.5 Å². The minimum absolute atomic E-state index is 0.551. The monoisotopic (exact) mass is 333 g/mol. The highest BCUT2D eigenvalue weighted by molar-refractivity contribution is 9.10. The summed E-state index contributed by atoms with van der Waals surface area (Å²) in [5, 5.41) is 0. The van der Waals surface area contributed by atoms with Crippen LogP contribution in [-0.2, 0) is 10.9 Å². The van der Waals surface area contributed by atoms with Crippen molar-refractivity contribution in [3.05, 3.63) is 27.5 Å². The molecule has 9 heteroatoms. The molecule has 1 aromatic heterocycles. The first-order valence-corrected chi connectivity index (χ1v) is 5.12. The van der Waals surface area contributed by atoms with E-state index < -0.39 is 40.0 Å². The third-order valence-corrected chi connectivity index (χ3v) is 2.72. The molecular weight excluding hydrogens is 329 g/mol. The summed E-state index contributed by atoms with van der Waals surface area (Å²) >= 11 is 2.41. The van der Waals surface area contributed by atoms with Gasteiger partial charge in [-0.2, -0.15) is 13.2 Å². The number of esters is 1. The fourth-order valence-corrected chi connectivity index (χ4v) is 1.71. The number of carbonyl (C=O) groups is 1. The lowest BCUT2D eigenvalue weighted by Crippen LogP contribution is -2.15. The first kappa shape index (κ1) is 14.8. The predicted molar refractivity (Wildman–Crippen MR) is 53.2 cm³/mol.